The van der Waals surface area contributed by atoms with E-state index in [1.165, 1.54) is 0 Å². The minimum absolute atomic E-state index is 0.0622. The van der Waals surface area contributed by atoms with Gasteiger partial charge < -0.3 is 19.7 Å². The highest BCUT2D eigenvalue weighted by molar-refractivity contribution is 5.77. The molecule has 41 heavy (non-hydrogen) atoms. The summed E-state index contributed by atoms with van der Waals surface area (Å²) in [6.45, 7) is 1.08. The third-order valence-corrected chi connectivity index (χ3v) is 6.33. The Balaban J connectivity index is 1.10. The van der Waals surface area contributed by atoms with Crippen LogP contribution < -0.4 is 9.47 Å². The van der Waals surface area contributed by atoms with Gasteiger partial charge in [-0.3, -0.25) is 20.0 Å². The van der Waals surface area contributed by atoms with Gasteiger partial charge in [-0.15, -0.1) is 0 Å². The average Bonchev–Trinajstić information content (AvgIpc) is 3.03. The van der Waals surface area contributed by atoms with E-state index in [4.69, 9.17) is 9.47 Å². The Morgan fingerprint density at radius 3 is 1.39 bits per heavy atom. The summed E-state index contributed by atoms with van der Waals surface area (Å²) in [7, 11) is 0. The second-order valence-electron chi connectivity index (χ2n) is 9.37. The lowest BCUT2D eigenvalue weighted by Gasteiger charge is -2.09. The molecule has 0 radical (unpaired) electrons. The van der Waals surface area contributed by atoms with Gasteiger partial charge in [0, 0.05) is 12.4 Å². The van der Waals surface area contributed by atoms with Gasteiger partial charge in [0.2, 0.25) is 0 Å². The molecular weight excluding hydrogens is 516 g/mol. The van der Waals surface area contributed by atoms with Crippen LogP contribution in [0.2, 0.25) is 0 Å². The van der Waals surface area contributed by atoms with Crippen LogP contribution in [0.5, 0.6) is 11.5 Å². The van der Waals surface area contributed by atoms with Gasteiger partial charge in [-0.1, -0.05) is 60.7 Å². The molecule has 2 N–H and O–H groups in total. The van der Waals surface area contributed by atoms with Crippen molar-refractivity contribution in [2.75, 3.05) is 26.4 Å². The van der Waals surface area contributed by atoms with Gasteiger partial charge in [0.25, 0.3) is 0 Å². The smallest absolute Gasteiger partial charge is 0.137 e. The van der Waals surface area contributed by atoms with E-state index in [1.54, 1.807) is 24.8 Å². The van der Waals surface area contributed by atoms with Crippen LogP contribution in [-0.2, 0) is 0 Å². The predicted octanol–water partition coefficient (Wildman–Crippen LogP) is 5.41. The van der Waals surface area contributed by atoms with Gasteiger partial charge in [-0.05, 0) is 54.7 Å². The second-order valence-corrected chi connectivity index (χ2v) is 9.37. The largest absolute Gasteiger partial charge is 0.492 e. The minimum Gasteiger partial charge on any atom is -0.492 e. The summed E-state index contributed by atoms with van der Waals surface area (Å²) in [5, 5.41) is 19.3. The Hall–Kier alpha value is -4.40. The summed E-state index contributed by atoms with van der Waals surface area (Å²) in [5.74, 6) is 1.42. The molecule has 4 rings (SSSR count). The number of nitrogens with zero attached hydrogens (tertiary/aromatic N) is 4. The molecule has 0 aliphatic rings. The number of rotatable bonds is 16. The molecule has 212 valence electrons. The van der Waals surface area contributed by atoms with E-state index in [-0.39, 0.29) is 25.3 Å². The maximum atomic E-state index is 9.64. The number of aliphatic hydroxyl groups is 2. The molecule has 2 aromatic carbocycles. The quantitative estimate of drug-likeness (QED) is 0.142. The zero-order valence-corrected chi connectivity index (χ0v) is 23.0. The number of aliphatic hydroxyl groups excluding tert-OH is 2. The topological polar surface area (TPSA) is 109 Å². The van der Waals surface area contributed by atoms with Gasteiger partial charge in [0.15, 0.2) is 0 Å². The van der Waals surface area contributed by atoms with Crippen LogP contribution in [-0.4, -0.2) is 59.0 Å². The van der Waals surface area contributed by atoms with Crippen molar-refractivity contribution in [1.82, 2.24) is 9.97 Å². The van der Waals surface area contributed by atoms with Crippen LogP contribution in [0.25, 0.3) is 0 Å². The highest BCUT2D eigenvalue weighted by Crippen LogP contribution is 2.18. The summed E-state index contributed by atoms with van der Waals surface area (Å²) in [5.41, 5.74) is 3.34. The standard InChI is InChI=1S/C33H36N4O4/c38-24-32(26-10-4-1-5-11-26)36-20-28-14-16-30(22-34-28)40-18-8-3-9-19-41-31-17-15-29(35-23-31)21-37-33(25-39)27-12-6-2-7-13-27/h1-2,4-7,10-17,20-23,32-33,38-39H,3,8-9,18-19,24-25H2/t32-,33-/m1/s1. The molecule has 2 heterocycles. The van der Waals surface area contributed by atoms with Crippen LogP contribution in [0.15, 0.2) is 107 Å². The lowest BCUT2D eigenvalue weighted by Crippen LogP contribution is -2.03. The zero-order valence-electron chi connectivity index (χ0n) is 23.0. The van der Waals surface area contributed by atoms with Crippen molar-refractivity contribution in [1.29, 1.82) is 0 Å². The summed E-state index contributed by atoms with van der Waals surface area (Å²) >= 11 is 0. The van der Waals surface area contributed by atoms with E-state index in [2.05, 4.69) is 20.0 Å². The highest BCUT2D eigenvalue weighted by Gasteiger charge is 2.08. The molecule has 0 aliphatic carbocycles. The molecule has 2 atom stereocenters. The van der Waals surface area contributed by atoms with Gasteiger partial charge in [0.05, 0.1) is 62.3 Å². The number of unbranched alkanes of at least 4 members (excludes halogenated alkanes) is 2. The first-order valence-electron chi connectivity index (χ1n) is 13.8. The molecule has 2 aromatic heterocycles. The molecule has 8 nitrogen and oxygen atoms in total. The van der Waals surface area contributed by atoms with Gasteiger partial charge in [-0.2, -0.15) is 0 Å². The first kappa shape index (κ1) is 29.6. The molecule has 0 spiro atoms. The Morgan fingerprint density at radius 2 is 1.02 bits per heavy atom. The van der Waals surface area contributed by atoms with Crippen LogP contribution in [0.4, 0.5) is 0 Å². The average molecular weight is 553 g/mol. The van der Waals surface area contributed by atoms with E-state index in [0.29, 0.717) is 36.1 Å². The number of aliphatic imine (C=N–C) groups is 2. The van der Waals surface area contributed by atoms with Crippen molar-refractivity contribution in [3.8, 4) is 11.5 Å². The summed E-state index contributed by atoms with van der Waals surface area (Å²) in [6.07, 6.45) is 9.51. The predicted molar refractivity (Wildman–Crippen MR) is 161 cm³/mol. The first-order chi connectivity index (χ1) is 20.2. The molecule has 0 fully saturated rings. The Bertz CT molecular complexity index is 1230. The molecule has 0 aliphatic heterocycles. The number of pyridine rings is 2. The number of aromatic nitrogens is 2. The monoisotopic (exact) mass is 552 g/mol. The number of benzene rings is 2. The second kappa shape index (κ2) is 16.6. The van der Waals surface area contributed by atoms with E-state index in [1.807, 2.05) is 84.9 Å². The fourth-order valence-electron chi connectivity index (χ4n) is 4.03. The third kappa shape index (κ3) is 9.94. The fraction of sp³-hybridized carbons (Fsp3) is 0.273. The lowest BCUT2D eigenvalue weighted by molar-refractivity contribution is 0.269. The number of hydrogen-bond acceptors (Lipinski definition) is 8. The number of hydrogen-bond donors (Lipinski definition) is 2. The van der Waals surface area contributed by atoms with Crippen molar-refractivity contribution < 1.29 is 19.7 Å². The molecule has 0 saturated heterocycles. The van der Waals surface area contributed by atoms with Crippen molar-refractivity contribution in [3.63, 3.8) is 0 Å². The fourth-order valence-corrected chi connectivity index (χ4v) is 4.03. The van der Waals surface area contributed by atoms with E-state index in [0.717, 1.165) is 30.4 Å². The van der Waals surface area contributed by atoms with Crippen LogP contribution in [0.1, 0.15) is 53.9 Å². The lowest BCUT2D eigenvalue weighted by atomic mass is 10.1. The maximum absolute atomic E-state index is 9.64. The minimum atomic E-state index is -0.307. The van der Waals surface area contributed by atoms with Gasteiger partial charge >= 0.3 is 0 Å². The Labute approximate surface area is 241 Å². The molecule has 0 bridgehead atoms. The Morgan fingerprint density at radius 1 is 0.585 bits per heavy atom. The SMILES string of the molecule is OC[C@@H](N=Cc1ccc(OCCCCCOc2ccc(C=N[C@H](CO)c3ccccc3)nc2)cn1)c1ccccc1. The van der Waals surface area contributed by atoms with Gasteiger partial charge in [-0.25, -0.2) is 0 Å². The van der Waals surface area contributed by atoms with E-state index >= 15 is 0 Å². The molecular formula is C33H36N4O4. The zero-order chi connectivity index (χ0) is 28.5. The van der Waals surface area contributed by atoms with Crippen LogP contribution in [0.3, 0.4) is 0 Å². The molecule has 4 aromatic rings. The number of ether oxygens (including phenoxy) is 2. The first-order valence-corrected chi connectivity index (χ1v) is 13.8. The summed E-state index contributed by atoms with van der Waals surface area (Å²) in [4.78, 5) is 17.7. The maximum Gasteiger partial charge on any atom is 0.137 e. The van der Waals surface area contributed by atoms with E-state index in [9.17, 15) is 10.2 Å². The summed E-state index contributed by atoms with van der Waals surface area (Å²) < 4.78 is 11.6. The van der Waals surface area contributed by atoms with Crippen molar-refractivity contribution in [3.05, 3.63) is 120 Å². The summed E-state index contributed by atoms with van der Waals surface area (Å²) in [6, 6.07) is 26.2. The van der Waals surface area contributed by atoms with Gasteiger partial charge in [0.1, 0.15) is 11.5 Å². The third-order valence-electron chi connectivity index (χ3n) is 6.33. The molecule has 0 amide bonds. The van der Waals surface area contributed by atoms with Crippen molar-refractivity contribution in [2.24, 2.45) is 9.98 Å². The van der Waals surface area contributed by atoms with Crippen molar-refractivity contribution >= 4 is 12.4 Å². The molecule has 0 saturated carbocycles. The normalized spacial score (nSPS) is 12.9. The van der Waals surface area contributed by atoms with Crippen LogP contribution in [0, 0.1) is 0 Å². The molecule has 8 heteroatoms. The molecule has 0 unspecified atom stereocenters. The Kier molecular flexibility index (Phi) is 12.0. The van der Waals surface area contributed by atoms with Crippen molar-refractivity contribution in [2.45, 2.75) is 31.3 Å². The highest BCUT2D eigenvalue weighted by atomic mass is 16.5. The van der Waals surface area contributed by atoms with Crippen LogP contribution >= 0.6 is 0 Å². The van der Waals surface area contributed by atoms with E-state index < -0.39 is 0 Å².